The number of hydrogen-bond donors (Lipinski definition) is 1. The molecule has 26 heavy (non-hydrogen) atoms. The van der Waals surface area contributed by atoms with Crippen LogP contribution < -0.4 is 10.2 Å². The van der Waals surface area contributed by atoms with Crippen molar-refractivity contribution in [2.75, 3.05) is 50.4 Å². The molecule has 1 aliphatic heterocycles. The maximum absolute atomic E-state index is 12.3. The highest BCUT2D eigenvalue weighted by atomic mass is 127. The van der Waals surface area contributed by atoms with Gasteiger partial charge >= 0.3 is 0 Å². The van der Waals surface area contributed by atoms with Crippen LogP contribution in [-0.2, 0) is 10.8 Å². The summed E-state index contributed by atoms with van der Waals surface area (Å²) in [6, 6.07) is 13.9. The van der Waals surface area contributed by atoms with Gasteiger partial charge in [0.05, 0.1) is 15.8 Å². The van der Waals surface area contributed by atoms with Crippen LogP contribution in [0.15, 0.2) is 57.7 Å². The van der Waals surface area contributed by atoms with Crippen LogP contribution in [0.3, 0.4) is 0 Å². The number of nitrogens with one attached hydrogen (secondary N) is 1. The summed E-state index contributed by atoms with van der Waals surface area (Å²) < 4.78 is 12.3. The predicted octanol–water partition coefficient (Wildman–Crippen LogP) is 2.87. The van der Waals surface area contributed by atoms with Crippen molar-refractivity contribution in [2.45, 2.75) is 4.90 Å². The van der Waals surface area contributed by atoms with Crippen molar-refractivity contribution in [2.24, 2.45) is 4.99 Å². The van der Waals surface area contributed by atoms with E-state index in [9.17, 15) is 4.21 Å². The van der Waals surface area contributed by atoms with Gasteiger partial charge in [0.15, 0.2) is 5.96 Å². The Morgan fingerprint density at radius 2 is 1.88 bits per heavy atom. The molecule has 1 fully saturated rings. The maximum Gasteiger partial charge on any atom is 0.193 e. The Hall–Kier alpha value is -1.13. The lowest BCUT2D eigenvalue weighted by Crippen LogP contribution is -2.52. The van der Waals surface area contributed by atoms with Crippen molar-refractivity contribution < 1.29 is 4.21 Å². The Morgan fingerprint density at radius 1 is 1.15 bits per heavy atom. The first kappa shape index (κ1) is 21.2. The van der Waals surface area contributed by atoms with E-state index in [0.717, 1.165) is 37.0 Å². The molecule has 8 heteroatoms. The van der Waals surface area contributed by atoms with E-state index in [-0.39, 0.29) is 24.0 Å². The number of guanidine groups is 1. The molecule has 5 nitrogen and oxygen atoms in total. The average Bonchev–Trinajstić information content (AvgIpc) is 3.21. The van der Waals surface area contributed by atoms with E-state index in [0.29, 0.717) is 12.3 Å². The number of aliphatic imine (C=N–C) groups is 1. The molecule has 1 atom stereocenters. The molecular formula is C18H25IN4OS2. The van der Waals surface area contributed by atoms with Gasteiger partial charge in [-0.15, -0.1) is 35.3 Å². The molecule has 0 radical (unpaired) electrons. The molecule has 1 aromatic heterocycles. The van der Waals surface area contributed by atoms with Crippen molar-refractivity contribution >= 4 is 57.1 Å². The molecule has 0 amide bonds. The van der Waals surface area contributed by atoms with E-state index >= 15 is 0 Å². The number of piperazine rings is 1. The summed E-state index contributed by atoms with van der Waals surface area (Å²) in [7, 11) is 0.832. The van der Waals surface area contributed by atoms with Crippen molar-refractivity contribution in [1.82, 2.24) is 10.2 Å². The van der Waals surface area contributed by atoms with Gasteiger partial charge in [-0.2, -0.15) is 0 Å². The molecule has 1 aliphatic rings. The van der Waals surface area contributed by atoms with Crippen LogP contribution >= 0.6 is 35.3 Å². The summed E-state index contributed by atoms with van der Waals surface area (Å²) in [5.41, 5.74) is 0. The summed E-state index contributed by atoms with van der Waals surface area (Å²) in [5.74, 6) is 1.48. The Kier molecular flexibility index (Phi) is 8.86. The van der Waals surface area contributed by atoms with Crippen LogP contribution in [0.25, 0.3) is 0 Å². The van der Waals surface area contributed by atoms with E-state index in [1.807, 2.05) is 37.4 Å². The van der Waals surface area contributed by atoms with Gasteiger partial charge in [0, 0.05) is 50.4 Å². The van der Waals surface area contributed by atoms with Crippen LogP contribution in [0.5, 0.6) is 0 Å². The van der Waals surface area contributed by atoms with Gasteiger partial charge in [0.1, 0.15) is 0 Å². The summed E-state index contributed by atoms with van der Waals surface area (Å²) in [6.45, 7) is 4.53. The van der Waals surface area contributed by atoms with Gasteiger partial charge in [0.25, 0.3) is 0 Å². The summed E-state index contributed by atoms with van der Waals surface area (Å²) in [6.07, 6.45) is 0. The third-order valence-corrected chi connectivity index (χ3v) is 6.49. The summed E-state index contributed by atoms with van der Waals surface area (Å²) in [4.78, 5) is 9.95. The minimum absolute atomic E-state index is 0. The van der Waals surface area contributed by atoms with Crippen LogP contribution in [-0.4, -0.2) is 60.6 Å². The lowest BCUT2D eigenvalue weighted by atomic mass is 10.3. The largest absolute Gasteiger partial charge is 0.360 e. The predicted molar refractivity (Wildman–Crippen MR) is 123 cm³/mol. The highest BCUT2D eigenvalue weighted by Crippen LogP contribution is 2.22. The Balaban J connectivity index is 0.00000243. The zero-order chi connectivity index (χ0) is 17.5. The topological polar surface area (TPSA) is 47.9 Å². The molecule has 142 valence electrons. The SMILES string of the molecule is CN=C(NCCS(=O)c1ccccc1)N1CCN(c2cccs2)CC1.I. The number of nitrogens with zero attached hydrogens (tertiary/aromatic N) is 3. The van der Waals surface area contributed by atoms with Crippen LogP contribution in [0, 0.1) is 0 Å². The lowest BCUT2D eigenvalue weighted by molar-refractivity contribution is 0.374. The third-order valence-electron chi connectivity index (χ3n) is 4.19. The fourth-order valence-corrected chi connectivity index (χ4v) is 4.64. The number of anilines is 1. The number of hydrogen-bond acceptors (Lipinski definition) is 4. The minimum Gasteiger partial charge on any atom is -0.360 e. The molecule has 1 aromatic carbocycles. The number of halogens is 1. The van der Waals surface area contributed by atoms with E-state index < -0.39 is 10.8 Å². The smallest absolute Gasteiger partial charge is 0.193 e. The Bertz CT molecular complexity index is 701. The van der Waals surface area contributed by atoms with Gasteiger partial charge in [-0.1, -0.05) is 18.2 Å². The lowest BCUT2D eigenvalue weighted by Gasteiger charge is -2.37. The van der Waals surface area contributed by atoms with Gasteiger partial charge in [-0.3, -0.25) is 9.20 Å². The number of rotatable bonds is 5. The van der Waals surface area contributed by atoms with Crippen molar-refractivity contribution in [3.63, 3.8) is 0 Å². The molecular weight excluding hydrogens is 479 g/mol. The van der Waals surface area contributed by atoms with Gasteiger partial charge in [-0.25, -0.2) is 0 Å². The van der Waals surface area contributed by atoms with E-state index in [1.54, 1.807) is 11.3 Å². The molecule has 3 rings (SSSR count). The molecule has 0 spiro atoms. The monoisotopic (exact) mass is 504 g/mol. The first-order valence-electron chi connectivity index (χ1n) is 8.45. The average molecular weight is 504 g/mol. The van der Waals surface area contributed by atoms with Gasteiger partial charge in [0.2, 0.25) is 0 Å². The third kappa shape index (κ3) is 5.68. The number of benzene rings is 1. The highest BCUT2D eigenvalue weighted by Gasteiger charge is 2.20. The molecule has 0 aliphatic carbocycles. The second-order valence-electron chi connectivity index (χ2n) is 5.76. The van der Waals surface area contributed by atoms with Crippen molar-refractivity contribution in [3.05, 3.63) is 47.8 Å². The quantitative estimate of drug-likeness (QED) is 0.387. The molecule has 1 N–H and O–H groups in total. The zero-order valence-electron chi connectivity index (χ0n) is 14.8. The molecule has 1 saturated heterocycles. The molecule has 0 bridgehead atoms. The van der Waals surface area contributed by atoms with Gasteiger partial charge < -0.3 is 15.1 Å². The standard InChI is InChI=1S/C18H24N4OS2.HI/c1-19-18(20-9-15-25(23)16-6-3-2-4-7-16)22-12-10-21(11-13-22)17-8-5-14-24-17;/h2-8,14H,9-13,15H2,1H3,(H,19,20);1H. The van der Waals surface area contributed by atoms with Crippen LogP contribution in [0.2, 0.25) is 0 Å². The summed E-state index contributed by atoms with van der Waals surface area (Å²) in [5, 5.41) is 6.81. The maximum atomic E-state index is 12.3. The normalized spacial score (nSPS) is 16.1. The first-order valence-corrected chi connectivity index (χ1v) is 10.7. The second-order valence-corrected chi connectivity index (χ2v) is 8.26. The molecule has 1 unspecified atom stereocenters. The van der Waals surface area contributed by atoms with Crippen LogP contribution in [0.4, 0.5) is 5.00 Å². The van der Waals surface area contributed by atoms with Crippen molar-refractivity contribution in [3.8, 4) is 0 Å². The Labute approximate surface area is 179 Å². The van der Waals surface area contributed by atoms with Gasteiger partial charge in [-0.05, 0) is 29.6 Å². The Morgan fingerprint density at radius 3 is 2.50 bits per heavy atom. The van der Waals surface area contributed by atoms with Crippen LogP contribution in [0.1, 0.15) is 0 Å². The number of thiophene rings is 1. The first-order chi connectivity index (χ1) is 12.3. The minimum atomic E-state index is -0.976. The second kappa shape index (κ2) is 10.9. The molecule has 2 aromatic rings. The fraction of sp³-hybridized carbons (Fsp3) is 0.389. The molecule has 2 heterocycles. The summed E-state index contributed by atoms with van der Waals surface area (Å²) >= 11 is 1.79. The molecule has 0 saturated carbocycles. The highest BCUT2D eigenvalue weighted by molar-refractivity contribution is 14.0. The van der Waals surface area contributed by atoms with E-state index in [4.69, 9.17) is 0 Å². The fourth-order valence-electron chi connectivity index (χ4n) is 2.87. The van der Waals surface area contributed by atoms with Crippen molar-refractivity contribution in [1.29, 1.82) is 0 Å². The zero-order valence-corrected chi connectivity index (χ0v) is 18.8. The van der Waals surface area contributed by atoms with E-state index in [2.05, 4.69) is 37.6 Å². The van der Waals surface area contributed by atoms with E-state index in [1.165, 1.54) is 5.00 Å².